The fourth-order valence-electron chi connectivity index (χ4n) is 2.63. The van der Waals surface area contributed by atoms with Crippen LogP contribution in [0, 0.1) is 0 Å². The first-order chi connectivity index (χ1) is 11.8. The zero-order valence-corrected chi connectivity index (χ0v) is 13.9. The highest BCUT2D eigenvalue weighted by molar-refractivity contribution is 6.33. The molecule has 0 atom stereocenters. The molecule has 1 aromatic heterocycles. The number of anilines is 2. The van der Waals surface area contributed by atoms with Crippen LogP contribution in [0.5, 0.6) is 0 Å². The molecule has 3 rings (SSSR count). The third kappa shape index (κ3) is 4.04. The monoisotopic (exact) mass is 369 g/mol. The van der Waals surface area contributed by atoms with E-state index in [1.165, 1.54) is 12.3 Å². The molecular weight excluding hydrogens is 355 g/mol. The summed E-state index contributed by atoms with van der Waals surface area (Å²) < 4.78 is 38.4. The van der Waals surface area contributed by atoms with Gasteiger partial charge in [-0.1, -0.05) is 11.6 Å². The molecule has 1 aliphatic heterocycles. The molecule has 0 aliphatic carbocycles. The first kappa shape index (κ1) is 17.5. The van der Waals surface area contributed by atoms with Gasteiger partial charge in [0.2, 0.25) is 0 Å². The van der Waals surface area contributed by atoms with Crippen LogP contribution in [0.4, 0.5) is 24.5 Å². The molecule has 1 fully saturated rings. The molecule has 1 N–H and O–H groups in total. The van der Waals surface area contributed by atoms with Crippen molar-refractivity contribution < 1.29 is 18.0 Å². The molecule has 2 heterocycles. The summed E-state index contributed by atoms with van der Waals surface area (Å²) >= 11 is 5.95. The molecular formula is C17H15ClF3N3O. The van der Waals surface area contributed by atoms with Crippen molar-refractivity contribution in [3.63, 3.8) is 0 Å². The van der Waals surface area contributed by atoms with Crippen molar-refractivity contribution in [2.24, 2.45) is 0 Å². The van der Waals surface area contributed by atoms with E-state index in [0.717, 1.165) is 38.1 Å². The molecule has 1 aromatic carbocycles. The van der Waals surface area contributed by atoms with Crippen LogP contribution in [0.2, 0.25) is 5.02 Å². The second-order valence-corrected chi connectivity index (χ2v) is 6.16. The van der Waals surface area contributed by atoms with Crippen LogP contribution < -0.4 is 5.32 Å². The molecule has 2 aromatic rings. The fraction of sp³-hybridized carbons (Fsp3) is 0.294. The quantitative estimate of drug-likeness (QED) is 0.850. The van der Waals surface area contributed by atoms with E-state index >= 15 is 0 Å². The summed E-state index contributed by atoms with van der Waals surface area (Å²) in [5.74, 6) is -0.138. The highest BCUT2D eigenvalue weighted by Gasteiger charge is 2.31. The Kier molecular flexibility index (Phi) is 4.85. The van der Waals surface area contributed by atoms with Gasteiger partial charge in [0.05, 0.1) is 28.2 Å². The lowest BCUT2D eigenvalue weighted by molar-refractivity contribution is -0.137. The molecule has 0 bridgehead atoms. The number of carbonyl (C=O) groups excluding carboxylic acids is 1. The molecule has 25 heavy (non-hydrogen) atoms. The van der Waals surface area contributed by atoms with Gasteiger partial charge >= 0.3 is 6.18 Å². The third-order valence-electron chi connectivity index (χ3n) is 3.95. The van der Waals surface area contributed by atoms with Gasteiger partial charge in [-0.2, -0.15) is 13.2 Å². The van der Waals surface area contributed by atoms with Gasteiger partial charge in [-0.25, -0.2) is 4.98 Å². The topological polar surface area (TPSA) is 45.2 Å². The molecule has 8 heteroatoms. The van der Waals surface area contributed by atoms with Crippen LogP contribution in [0.3, 0.4) is 0 Å². The van der Waals surface area contributed by atoms with Crippen molar-refractivity contribution >= 4 is 28.9 Å². The maximum Gasteiger partial charge on any atom is 0.416 e. The normalized spacial score (nSPS) is 14.6. The van der Waals surface area contributed by atoms with E-state index < -0.39 is 11.7 Å². The molecule has 0 radical (unpaired) electrons. The molecule has 4 nitrogen and oxygen atoms in total. The molecule has 1 amide bonds. The smallest absolute Gasteiger partial charge is 0.353 e. The zero-order chi connectivity index (χ0) is 18.0. The van der Waals surface area contributed by atoms with E-state index in [4.69, 9.17) is 11.6 Å². The number of benzene rings is 1. The van der Waals surface area contributed by atoms with E-state index in [2.05, 4.69) is 10.3 Å². The standard InChI is InChI=1S/C17H15ClF3N3O/c18-13-5-3-11(17(19,20)21)9-15(13)23-12-4-6-14(22-10-12)16(25)24-7-1-2-8-24/h3-6,9-10,23H,1-2,7-8H2. The minimum absolute atomic E-state index is 0.122. The molecule has 1 aliphatic rings. The lowest BCUT2D eigenvalue weighted by atomic mass is 10.2. The third-order valence-corrected chi connectivity index (χ3v) is 4.28. The van der Waals surface area contributed by atoms with Crippen molar-refractivity contribution in [3.05, 3.63) is 52.8 Å². The number of alkyl halides is 3. The Morgan fingerprint density at radius 3 is 2.48 bits per heavy atom. The van der Waals surface area contributed by atoms with E-state index in [9.17, 15) is 18.0 Å². The van der Waals surface area contributed by atoms with Crippen LogP contribution in [0.15, 0.2) is 36.5 Å². The van der Waals surface area contributed by atoms with Crippen LogP contribution in [-0.2, 0) is 6.18 Å². The number of pyridine rings is 1. The van der Waals surface area contributed by atoms with Crippen LogP contribution in [0.1, 0.15) is 28.9 Å². The lowest BCUT2D eigenvalue weighted by Crippen LogP contribution is -2.28. The number of hydrogen-bond acceptors (Lipinski definition) is 3. The predicted molar refractivity (Wildman–Crippen MR) is 89.1 cm³/mol. The van der Waals surface area contributed by atoms with E-state index in [1.54, 1.807) is 17.0 Å². The first-order valence-corrected chi connectivity index (χ1v) is 8.11. The van der Waals surface area contributed by atoms with E-state index in [1.807, 2.05) is 0 Å². The number of hydrogen-bond donors (Lipinski definition) is 1. The van der Waals surface area contributed by atoms with Crippen molar-refractivity contribution in [2.75, 3.05) is 18.4 Å². The Balaban J connectivity index is 1.76. The van der Waals surface area contributed by atoms with Gasteiger partial charge < -0.3 is 10.2 Å². The SMILES string of the molecule is O=C(c1ccc(Nc2cc(C(F)(F)F)ccc2Cl)cn1)N1CCCC1. The number of nitrogens with one attached hydrogen (secondary N) is 1. The number of halogens is 4. The minimum Gasteiger partial charge on any atom is -0.353 e. The Morgan fingerprint density at radius 2 is 1.88 bits per heavy atom. The maximum atomic E-state index is 12.8. The Hall–Kier alpha value is -2.28. The minimum atomic E-state index is -4.45. The summed E-state index contributed by atoms with van der Waals surface area (Å²) in [6.07, 6.45) is -1.08. The average Bonchev–Trinajstić information content (AvgIpc) is 3.10. The average molecular weight is 370 g/mol. The second kappa shape index (κ2) is 6.92. The largest absolute Gasteiger partial charge is 0.416 e. The summed E-state index contributed by atoms with van der Waals surface area (Å²) in [6, 6.07) is 6.18. The number of amides is 1. The van der Waals surface area contributed by atoms with E-state index in [0.29, 0.717) is 11.4 Å². The Labute approximate surface area is 147 Å². The van der Waals surface area contributed by atoms with Gasteiger partial charge in [0.25, 0.3) is 5.91 Å². The van der Waals surface area contributed by atoms with Crippen molar-refractivity contribution in [3.8, 4) is 0 Å². The summed E-state index contributed by atoms with van der Waals surface area (Å²) in [5.41, 5.74) is 0.0758. The lowest BCUT2D eigenvalue weighted by Gasteiger charge is -2.15. The second-order valence-electron chi connectivity index (χ2n) is 5.75. The molecule has 0 unspecified atom stereocenters. The van der Waals surface area contributed by atoms with Crippen LogP contribution >= 0.6 is 11.6 Å². The Bertz CT molecular complexity index is 772. The molecule has 0 spiro atoms. The summed E-state index contributed by atoms with van der Waals surface area (Å²) in [5, 5.41) is 2.96. The van der Waals surface area contributed by atoms with E-state index in [-0.39, 0.29) is 16.6 Å². The Morgan fingerprint density at radius 1 is 1.16 bits per heavy atom. The van der Waals surface area contributed by atoms with Gasteiger partial charge in [0, 0.05) is 13.1 Å². The molecule has 132 valence electrons. The zero-order valence-electron chi connectivity index (χ0n) is 13.1. The number of aromatic nitrogens is 1. The maximum absolute atomic E-state index is 12.8. The summed E-state index contributed by atoms with van der Waals surface area (Å²) in [4.78, 5) is 18.1. The van der Waals surface area contributed by atoms with Crippen LogP contribution in [0.25, 0.3) is 0 Å². The van der Waals surface area contributed by atoms with Crippen molar-refractivity contribution in [1.29, 1.82) is 0 Å². The fourth-order valence-corrected chi connectivity index (χ4v) is 2.79. The number of likely N-dealkylation sites (tertiary alicyclic amines) is 1. The van der Waals surface area contributed by atoms with Crippen molar-refractivity contribution in [2.45, 2.75) is 19.0 Å². The van der Waals surface area contributed by atoms with Crippen molar-refractivity contribution in [1.82, 2.24) is 9.88 Å². The van der Waals surface area contributed by atoms with Gasteiger partial charge in [-0.15, -0.1) is 0 Å². The first-order valence-electron chi connectivity index (χ1n) is 7.74. The van der Waals surface area contributed by atoms with Gasteiger partial charge in [-0.3, -0.25) is 4.79 Å². The van der Waals surface area contributed by atoms with Gasteiger partial charge in [-0.05, 0) is 43.2 Å². The highest BCUT2D eigenvalue weighted by atomic mass is 35.5. The van der Waals surface area contributed by atoms with Gasteiger partial charge in [0.1, 0.15) is 5.69 Å². The van der Waals surface area contributed by atoms with Crippen LogP contribution in [-0.4, -0.2) is 28.9 Å². The summed E-state index contributed by atoms with van der Waals surface area (Å²) in [7, 11) is 0. The van der Waals surface area contributed by atoms with Gasteiger partial charge in [0.15, 0.2) is 0 Å². The number of carbonyl (C=O) groups is 1. The number of rotatable bonds is 3. The predicted octanol–water partition coefficient (Wildman–Crippen LogP) is 4.73. The number of nitrogens with zero attached hydrogens (tertiary/aromatic N) is 2. The highest BCUT2D eigenvalue weighted by Crippen LogP contribution is 2.34. The molecule has 0 saturated carbocycles. The summed E-state index contributed by atoms with van der Waals surface area (Å²) in [6.45, 7) is 1.45. The molecule has 1 saturated heterocycles.